The minimum Gasteiger partial charge on any atom is -0.495 e. The highest BCUT2D eigenvalue weighted by molar-refractivity contribution is 7.88. The molecule has 0 N–H and O–H groups in total. The van der Waals surface area contributed by atoms with E-state index in [1.165, 1.54) is 12.3 Å². The van der Waals surface area contributed by atoms with Crippen LogP contribution in [0.25, 0.3) is 11.3 Å². The van der Waals surface area contributed by atoms with Crippen LogP contribution in [0.3, 0.4) is 0 Å². The van der Waals surface area contributed by atoms with Crippen LogP contribution in [0.2, 0.25) is 0 Å². The Morgan fingerprint density at radius 2 is 1.67 bits per heavy atom. The van der Waals surface area contributed by atoms with Crippen molar-refractivity contribution in [2.24, 2.45) is 0 Å². The van der Waals surface area contributed by atoms with Crippen molar-refractivity contribution in [2.45, 2.75) is 11.8 Å². The summed E-state index contributed by atoms with van der Waals surface area (Å²) >= 11 is 0. The molecule has 122 valence electrons. The molecule has 4 nitrogen and oxygen atoms in total. The first-order valence-electron chi connectivity index (χ1n) is 7.36. The van der Waals surface area contributed by atoms with Crippen molar-refractivity contribution in [3.05, 3.63) is 76.9 Å². The summed E-state index contributed by atoms with van der Waals surface area (Å²) in [7, 11) is 0.0936. The lowest BCUT2D eigenvalue weighted by Gasteiger charge is -2.16. The third-order valence-corrected chi connectivity index (χ3v) is 4.77. The first kappa shape index (κ1) is 16.2. The third kappa shape index (κ3) is 3.03. The molecule has 1 atom stereocenters. The van der Waals surface area contributed by atoms with Crippen molar-refractivity contribution >= 4 is 28.1 Å². The van der Waals surface area contributed by atoms with Crippen LogP contribution in [-0.2, 0) is 25.1 Å². The van der Waals surface area contributed by atoms with Crippen LogP contribution in [0, 0.1) is 0 Å². The number of hydrogen-bond donors (Lipinski definition) is 0. The van der Waals surface area contributed by atoms with Crippen LogP contribution < -0.4 is 0 Å². The van der Waals surface area contributed by atoms with Gasteiger partial charge >= 0.3 is 5.97 Å². The molecule has 0 radical (unpaired) electrons. The van der Waals surface area contributed by atoms with Gasteiger partial charge in [0.1, 0.15) is 5.76 Å². The SMILES string of the molecule is COC1=C(c2ccccc2)C(OC(C)=O)=CS(=O)c2ccccc21. The predicted molar refractivity (Wildman–Crippen MR) is 93.0 cm³/mol. The average Bonchev–Trinajstić information content (AvgIpc) is 2.70. The number of hydrogen-bond acceptors (Lipinski definition) is 4. The Hall–Kier alpha value is -2.66. The van der Waals surface area contributed by atoms with Gasteiger partial charge in [0.05, 0.1) is 33.8 Å². The van der Waals surface area contributed by atoms with E-state index >= 15 is 0 Å². The van der Waals surface area contributed by atoms with Gasteiger partial charge < -0.3 is 9.47 Å². The molecule has 0 saturated heterocycles. The molecule has 0 bridgehead atoms. The Labute approximate surface area is 142 Å². The van der Waals surface area contributed by atoms with Crippen molar-refractivity contribution in [2.75, 3.05) is 7.11 Å². The first-order chi connectivity index (χ1) is 11.6. The van der Waals surface area contributed by atoms with Crippen LogP contribution in [0.1, 0.15) is 18.1 Å². The molecule has 0 amide bonds. The number of methoxy groups -OCH3 is 1. The van der Waals surface area contributed by atoms with E-state index in [1.54, 1.807) is 13.2 Å². The summed E-state index contributed by atoms with van der Waals surface area (Å²) in [4.78, 5) is 12.2. The van der Waals surface area contributed by atoms with Gasteiger partial charge in [0.15, 0.2) is 5.76 Å². The molecule has 1 aliphatic heterocycles. The second-order valence-electron chi connectivity index (χ2n) is 5.14. The number of benzene rings is 2. The Kier molecular flexibility index (Phi) is 4.62. The number of ether oxygens (including phenoxy) is 2. The zero-order chi connectivity index (χ0) is 17.1. The summed E-state index contributed by atoms with van der Waals surface area (Å²) in [5, 5.41) is 1.45. The number of carbonyl (C=O) groups excluding carboxylic acids is 1. The summed E-state index contributed by atoms with van der Waals surface area (Å²) in [5.41, 5.74) is 2.14. The van der Waals surface area contributed by atoms with Gasteiger partial charge in [-0.05, 0) is 17.7 Å². The number of rotatable bonds is 3. The van der Waals surface area contributed by atoms with Gasteiger partial charge in [-0.15, -0.1) is 0 Å². The lowest BCUT2D eigenvalue weighted by Crippen LogP contribution is -2.04. The Morgan fingerprint density at radius 3 is 2.33 bits per heavy atom. The minimum atomic E-state index is -1.46. The smallest absolute Gasteiger partial charge is 0.308 e. The molecule has 0 aromatic heterocycles. The van der Waals surface area contributed by atoms with E-state index in [2.05, 4.69) is 0 Å². The van der Waals surface area contributed by atoms with E-state index in [-0.39, 0.29) is 5.76 Å². The Balaban J connectivity index is 2.34. The van der Waals surface area contributed by atoms with E-state index in [4.69, 9.17) is 9.47 Å². The maximum absolute atomic E-state index is 12.7. The van der Waals surface area contributed by atoms with E-state index in [0.29, 0.717) is 16.2 Å². The molecule has 1 aliphatic rings. The van der Waals surface area contributed by atoms with Crippen LogP contribution in [0.15, 0.2) is 70.7 Å². The molecule has 1 heterocycles. The summed E-state index contributed by atoms with van der Waals surface area (Å²) in [6, 6.07) is 16.7. The standard InChI is InChI=1S/C19H16O4S/c1-13(20)23-16-12-24(21)17-11-7-6-10-15(17)19(22-2)18(16)14-8-4-3-5-9-14/h3-12H,1-2H3. The molecule has 0 spiro atoms. The monoisotopic (exact) mass is 340 g/mol. The Morgan fingerprint density at radius 1 is 1.00 bits per heavy atom. The van der Waals surface area contributed by atoms with Gasteiger partial charge in [-0.3, -0.25) is 4.79 Å². The largest absolute Gasteiger partial charge is 0.495 e. The zero-order valence-electron chi connectivity index (χ0n) is 13.3. The lowest BCUT2D eigenvalue weighted by atomic mass is 9.99. The topological polar surface area (TPSA) is 52.6 Å². The fraction of sp³-hybridized carbons (Fsp3) is 0.105. The molecule has 2 aromatic rings. The van der Waals surface area contributed by atoms with E-state index in [0.717, 1.165) is 11.1 Å². The summed E-state index contributed by atoms with van der Waals surface area (Å²) in [6.07, 6.45) is 0. The predicted octanol–water partition coefficient (Wildman–Crippen LogP) is 3.73. The molecular formula is C19H16O4S. The Bertz CT molecular complexity index is 866. The van der Waals surface area contributed by atoms with E-state index in [9.17, 15) is 9.00 Å². The van der Waals surface area contributed by atoms with Gasteiger partial charge in [-0.1, -0.05) is 42.5 Å². The van der Waals surface area contributed by atoms with Crippen LogP contribution >= 0.6 is 0 Å². The number of fused-ring (bicyclic) bond motifs is 1. The lowest BCUT2D eigenvalue weighted by molar-refractivity contribution is -0.136. The second kappa shape index (κ2) is 6.84. The van der Waals surface area contributed by atoms with Gasteiger partial charge in [0.25, 0.3) is 0 Å². The summed E-state index contributed by atoms with van der Waals surface area (Å²) in [6.45, 7) is 1.32. The number of allylic oxidation sites excluding steroid dienone is 1. The van der Waals surface area contributed by atoms with Crippen molar-refractivity contribution in [3.63, 3.8) is 0 Å². The zero-order valence-corrected chi connectivity index (χ0v) is 14.1. The van der Waals surface area contributed by atoms with Crippen molar-refractivity contribution in [1.82, 2.24) is 0 Å². The molecule has 0 saturated carbocycles. The highest BCUT2D eigenvalue weighted by Gasteiger charge is 2.26. The van der Waals surface area contributed by atoms with Crippen LogP contribution in [0.5, 0.6) is 0 Å². The van der Waals surface area contributed by atoms with Crippen LogP contribution in [-0.4, -0.2) is 17.3 Å². The van der Waals surface area contributed by atoms with Crippen molar-refractivity contribution in [1.29, 1.82) is 0 Å². The maximum Gasteiger partial charge on any atom is 0.308 e. The third-order valence-electron chi connectivity index (χ3n) is 3.56. The number of carbonyl (C=O) groups is 1. The highest BCUT2D eigenvalue weighted by Crippen LogP contribution is 2.38. The van der Waals surface area contributed by atoms with Crippen LogP contribution in [0.4, 0.5) is 0 Å². The molecule has 0 aliphatic carbocycles. The molecule has 0 fully saturated rings. The fourth-order valence-corrected chi connectivity index (χ4v) is 3.69. The van der Waals surface area contributed by atoms with Crippen molar-refractivity contribution < 1.29 is 18.5 Å². The maximum atomic E-state index is 12.7. The summed E-state index contributed by atoms with van der Waals surface area (Å²) in [5.74, 6) is 0.281. The van der Waals surface area contributed by atoms with Gasteiger partial charge in [-0.25, -0.2) is 4.21 Å². The second-order valence-corrected chi connectivity index (χ2v) is 6.41. The molecule has 24 heavy (non-hydrogen) atoms. The fourth-order valence-electron chi connectivity index (χ4n) is 2.62. The van der Waals surface area contributed by atoms with E-state index < -0.39 is 16.8 Å². The average molecular weight is 340 g/mol. The number of esters is 1. The summed E-state index contributed by atoms with van der Waals surface area (Å²) < 4.78 is 23.7. The quantitative estimate of drug-likeness (QED) is 0.799. The van der Waals surface area contributed by atoms with Crippen molar-refractivity contribution in [3.8, 4) is 0 Å². The normalized spacial score (nSPS) is 16.8. The van der Waals surface area contributed by atoms with Gasteiger partial charge in [0, 0.05) is 12.5 Å². The molecule has 5 heteroatoms. The molecule has 1 unspecified atom stereocenters. The minimum absolute atomic E-state index is 0.236. The molecule has 2 aromatic carbocycles. The highest BCUT2D eigenvalue weighted by atomic mass is 32.2. The van der Waals surface area contributed by atoms with E-state index in [1.807, 2.05) is 48.5 Å². The molecular weight excluding hydrogens is 324 g/mol. The van der Waals surface area contributed by atoms with Gasteiger partial charge in [0.2, 0.25) is 0 Å². The molecule has 3 rings (SSSR count). The van der Waals surface area contributed by atoms with Gasteiger partial charge in [-0.2, -0.15) is 0 Å². The first-order valence-corrected chi connectivity index (χ1v) is 8.57.